The van der Waals surface area contributed by atoms with E-state index in [1.807, 2.05) is 0 Å². The molecule has 1 heterocycles. The first kappa shape index (κ1) is 20.7. The molecule has 1 N–H and O–H groups in total. The van der Waals surface area contributed by atoms with Crippen LogP contribution in [0.1, 0.15) is 42.4 Å². The van der Waals surface area contributed by atoms with E-state index < -0.39 is 23.6 Å². The summed E-state index contributed by atoms with van der Waals surface area (Å²) in [6.07, 6.45) is -11.1. The van der Waals surface area contributed by atoms with Crippen LogP contribution >= 0.6 is 0 Å². The molecule has 2 aliphatic rings. The van der Waals surface area contributed by atoms with Gasteiger partial charge in [0, 0.05) is 30.6 Å². The first-order chi connectivity index (χ1) is 12.9. The molecule has 2 amide bonds. The number of carbonyl (C=O) groups excluding carboxylic acids is 1. The third-order valence-corrected chi connectivity index (χ3v) is 5.57. The number of benzene rings is 1. The molecule has 0 radical (unpaired) electrons. The summed E-state index contributed by atoms with van der Waals surface area (Å²) in [7, 11) is 0. The maximum absolute atomic E-state index is 14.3. The summed E-state index contributed by atoms with van der Waals surface area (Å²) in [5.74, 6) is -0.189. The molecule has 28 heavy (non-hydrogen) atoms. The second-order valence-corrected chi connectivity index (χ2v) is 7.10. The Kier molecular flexibility index (Phi) is 5.04. The smallest absolute Gasteiger partial charge is 0.338 e. The van der Waals surface area contributed by atoms with Crippen LogP contribution in [0.3, 0.4) is 0 Å². The number of likely N-dealkylation sites (tertiary alicyclic amines) is 1. The molecule has 0 spiro atoms. The molecule has 0 bridgehead atoms. The minimum absolute atomic E-state index is 0.173. The van der Waals surface area contributed by atoms with Gasteiger partial charge in [0.05, 0.1) is 0 Å². The number of carbonyl (C=O) groups is 1. The van der Waals surface area contributed by atoms with Crippen LogP contribution in [0.5, 0.6) is 0 Å². The number of aryl methyl sites for hydroxylation is 1. The maximum Gasteiger partial charge on any atom is 0.435 e. The first-order valence-corrected chi connectivity index (χ1v) is 8.92. The molecular formula is C18H19F7N2O. The Balaban J connectivity index is 1.96. The minimum atomic E-state index is -6.13. The Bertz CT molecular complexity index is 745. The topological polar surface area (TPSA) is 32.3 Å². The quantitative estimate of drug-likeness (QED) is 0.695. The molecular weight excluding hydrogens is 393 g/mol. The van der Waals surface area contributed by atoms with E-state index in [1.165, 1.54) is 0 Å². The molecule has 1 aromatic rings. The zero-order valence-corrected chi connectivity index (χ0v) is 14.9. The lowest BCUT2D eigenvalue weighted by Gasteiger charge is -2.35. The predicted molar refractivity (Wildman–Crippen MR) is 86.6 cm³/mol. The van der Waals surface area contributed by atoms with Gasteiger partial charge in [-0.2, -0.15) is 26.3 Å². The molecule has 1 saturated heterocycles. The lowest BCUT2D eigenvalue weighted by Crippen LogP contribution is -2.50. The number of alkyl halides is 7. The monoisotopic (exact) mass is 412 g/mol. The van der Waals surface area contributed by atoms with Crippen LogP contribution in [-0.4, -0.2) is 42.4 Å². The zero-order valence-electron chi connectivity index (χ0n) is 14.9. The normalized spacial score (nSPS) is 22.6. The van der Waals surface area contributed by atoms with E-state index in [2.05, 4.69) is 5.32 Å². The van der Waals surface area contributed by atoms with E-state index in [0.29, 0.717) is 43.6 Å². The molecule has 0 aromatic heterocycles. The third-order valence-electron chi connectivity index (χ3n) is 5.57. The van der Waals surface area contributed by atoms with Gasteiger partial charge in [0.25, 0.3) is 0 Å². The fourth-order valence-electron chi connectivity index (χ4n) is 4.27. The Hall–Kier alpha value is -2.00. The molecule has 1 fully saturated rings. The molecule has 0 saturated carbocycles. The molecule has 3 rings (SSSR count). The number of amides is 2. The van der Waals surface area contributed by atoms with E-state index in [0.717, 1.165) is 6.07 Å². The summed E-state index contributed by atoms with van der Waals surface area (Å²) < 4.78 is 92.3. The van der Waals surface area contributed by atoms with Crippen molar-refractivity contribution in [3.05, 3.63) is 34.9 Å². The fraction of sp³-hybridized carbons (Fsp3) is 0.611. The number of hydrogen-bond donors (Lipinski definition) is 1. The third kappa shape index (κ3) is 3.10. The van der Waals surface area contributed by atoms with Gasteiger partial charge in [0.15, 0.2) is 0 Å². The van der Waals surface area contributed by atoms with Crippen molar-refractivity contribution in [1.29, 1.82) is 0 Å². The van der Waals surface area contributed by atoms with Gasteiger partial charge in [-0.25, -0.2) is 9.18 Å². The van der Waals surface area contributed by atoms with Crippen LogP contribution < -0.4 is 5.32 Å². The average Bonchev–Trinajstić information content (AvgIpc) is 3.03. The van der Waals surface area contributed by atoms with E-state index in [1.54, 1.807) is 11.8 Å². The second-order valence-electron chi connectivity index (χ2n) is 7.10. The summed E-state index contributed by atoms with van der Waals surface area (Å²) >= 11 is 0. The molecule has 1 aromatic carbocycles. The molecule has 1 aliphatic heterocycles. The first-order valence-electron chi connectivity index (χ1n) is 8.92. The standard InChI is InChI=1S/C18H19F7N2O/c1-2-26-15(28)27-8-7-13-12-5-4-11(9-10(12)3-6-14(13)27)16(19,17(20,21)22)18(23,24)25/h4-5,9,13-14H,2-3,6-8H2,1H3,(H,26,28)/t13-,14+/m0/s1. The highest BCUT2D eigenvalue weighted by atomic mass is 19.4. The van der Waals surface area contributed by atoms with Gasteiger partial charge in [-0.3, -0.25) is 0 Å². The largest absolute Gasteiger partial charge is 0.435 e. The number of halogens is 7. The van der Waals surface area contributed by atoms with Gasteiger partial charge >= 0.3 is 24.1 Å². The highest BCUT2D eigenvalue weighted by Crippen LogP contribution is 2.54. The zero-order chi connectivity index (χ0) is 20.9. The molecule has 1 aliphatic carbocycles. The van der Waals surface area contributed by atoms with Crippen LogP contribution in [0, 0.1) is 0 Å². The number of fused-ring (bicyclic) bond motifs is 3. The molecule has 3 nitrogen and oxygen atoms in total. The number of urea groups is 1. The lowest BCUT2D eigenvalue weighted by molar-refractivity contribution is -0.348. The van der Waals surface area contributed by atoms with Crippen molar-refractivity contribution in [1.82, 2.24) is 10.2 Å². The average molecular weight is 412 g/mol. The number of rotatable bonds is 2. The minimum Gasteiger partial charge on any atom is -0.338 e. The van der Waals surface area contributed by atoms with Crippen molar-refractivity contribution >= 4 is 6.03 Å². The van der Waals surface area contributed by atoms with Gasteiger partial charge < -0.3 is 10.2 Å². The van der Waals surface area contributed by atoms with Crippen molar-refractivity contribution in [3.63, 3.8) is 0 Å². The van der Waals surface area contributed by atoms with E-state index in [9.17, 15) is 35.5 Å². The lowest BCUT2D eigenvalue weighted by atomic mass is 9.77. The maximum atomic E-state index is 14.3. The van der Waals surface area contributed by atoms with Crippen molar-refractivity contribution in [2.75, 3.05) is 13.1 Å². The number of hydrogen-bond acceptors (Lipinski definition) is 1. The Morgan fingerprint density at radius 2 is 1.75 bits per heavy atom. The summed E-state index contributed by atoms with van der Waals surface area (Å²) in [5, 5.41) is 2.69. The molecule has 156 valence electrons. The Morgan fingerprint density at radius 1 is 1.11 bits per heavy atom. The van der Waals surface area contributed by atoms with Crippen molar-refractivity contribution in [3.8, 4) is 0 Å². The number of nitrogens with one attached hydrogen (secondary N) is 1. The summed E-state index contributed by atoms with van der Waals surface area (Å²) in [6.45, 7) is 2.66. The summed E-state index contributed by atoms with van der Waals surface area (Å²) in [5.41, 5.74) is -6.02. The van der Waals surface area contributed by atoms with Gasteiger partial charge in [0.2, 0.25) is 0 Å². The van der Waals surface area contributed by atoms with Crippen LogP contribution in [0.15, 0.2) is 18.2 Å². The van der Waals surface area contributed by atoms with E-state index >= 15 is 0 Å². The van der Waals surface area contributed by atoms with E-state index in [-0.39, 0.29) is 30.0 Å². The number of nitrogens with zero attached hydrogens (tertiary/aromatic N) is 1. The molecule has 10 heteroatoms. The van der Waals surface area contributed by atoms with Crippen molar-refractivity contribution in [2.24, 2.45) is 0 Å². The second kappa shape index (κ2) is 6.81. The Morgan fingerprint density at radius 3 is 2.32 bits per heavy atom. The van der Waals surface area contributed by atoms with Crippen LogP contribution in [0.25, 0.3) is 0 Å². The van der Waals surface area contributed by atoms with Crippen LogP contribution in [-0.2, 0) is 12.1 Å². The SMILES string of the molecule is CCNC(=O)N1CC[C@H]2c3ccc(C(F)(C(F)(F)F)C(F)(F)F)cc3CC[C@H]21. The fourth-order valence-corrected chi connectivity index (χ4v) is 4.27. The summed E-state index contributed by atoms with van der Waals surface area (Å²) in [4.78, 5) is 13.8. The predicted octanol–water partition coefficient (Wildman–Crippen LogP) is 4.81. The van der Waals surface area contributed by atoms with E-state index in [4.69, 9.17) is 0 Å². The van der Waals surface area contributed by atoms with Crippen LogP contribution in [0.4, 0.5) is 35.5 Å². The van der Waals surface area contributed by atoms with Gasteiger partial charge in [-0.1, -0.05) is 18.2 Å². The summed E-state index contributed by atoms with van der Waals surface area (Å²) in [6, 6.07) is 1.98. The van der Waals surface area contributed by atoms with Crippen LogP contribution in [0.2, 0.25) is 0 Å². The van der Waals surface area contributed by atoms with Crippen molar-refractivity contribution in [2.45, 2.75) is 56.2 Å². The molecule has 0 unspecified atom stereocenters. The highest BCUT2D eigenvalue weighted by Gasteiger charge is 2.73. The van der Waals surface area contributed by atoms with Gasteiger partial charge in [0.1, 0.15) is 0 Å². The highest BCUT2D eigenvalue weighted by molar-refractivity contribution is 5.75. The molecule has 2 atom stereocenters. The van der Waals surface area contributed by atoms with Crippen molar-refractivity contribution < 1.29 is 35.5 Å². The van der Waals surface area contributed by atoms with Gasteiger partial charge in [-0.15, -0.1) is 0 Å². The Labute approximate surface area is 156 Å². The van der Waals surface area contributed by atoms with Gasteiger partial charge in [-0.05, 0) is 37.3 Å².